The van der Waals surface area contributed by atoms with Crippen LogP contribution in [-0.4, -0.2) is 28.0 Å². The molecule has 120 valence electrons. The van der Waals surface area contributed by atoms with Crippen LogP contribution in [0.5, 0.6) is 0 Å². The first kappa shape index (κ1) is 15.5. The van der Waals surface area contributed by atoms with E-state index < -0.39 is 12.0 Å². The molecule has 0 bridgehead atoms. The fourth-order valence-corrected chi connectivity index (χ4v) is 3.36. The molecule has 1 aromatic carbocycles. The van der Waals surface area contributed by atoms with Gasteiger partial charge >= 0.3 is 5.97 Å². The van der Waals surface area contributed by atoms with Gasteiger partial charge in [0, 0.05) is 11.6 Å². The number of nitrogens with one attached hydrogen (secondary N) is 1. The molecule has 1 amide bonds. The molecular weight excluding hydrogens is 292 g/mol. The van der Waals surface area contributed by atoms with Gasteiger partial charge in [0.2, 0.25) is 0 Å². The van der Waals surface area contributed by atoms with Crippen LogP contribution < -0.4 is 5.32 Å². The van der Waals surface area contributed by atoms with Crippen LogP contribution in [0, 0.1) is 5.92 Å². The summed E-state index contributed by atoms with van der Waals surface area (Å²) in [6, 6.07) is 8.22. The van der Waals surface area contributed by atoms with Crippen molar-refractivity contribution in [2.75, 3.05) is 0 Å². The number of hydrogen-bond donors (Lipinski definition) is 2. The van der Waals surface area contributed by atoms with Crippen molar-refractivity contribution < 1.29 is 14.7 Å². The molecule has 0 aliphatic heterocycles. The normalized spacial score (nSPS) is 16.9. The lowest BCUT2D eigenvalue weighted by Gasteiger charge is -2.28. The zero-order valence-corrected chi connectivity index (χ0v) is 12.9. The van der Waals surface area contributed by atoms with E-state index >= 15 is 0 Å². The molecule has 0 unspecified atom stereocenters. The highest BCUT2D eigenvalue weighted by molar-refractivity contribution is 6.06. The molecule has 0 saturated heterocycles. The number of fused-ring (bicyclic) bond motifs is 1. The van der Waals surface area contributed by atoms with E-state index in [9.17, 15) is 14.7 Å². The first-order valence-corrected chi connectivity index (χ1v) is 8.04. The van der Waals surface area contributed by atoms with Crippen LogP contribution >= 0.6 is 0 Å². The molecule has 1 aliphatic rings. The van der Waals surface area contributed by atoms with Crippen molar-refractivity contribution in [2.24, 2.45) is 5.92 Å². The van der Waals surface area contributed by atoms with Crippen molar-refractivity contribution in [3.63, 3.8) is 0 Å². The number of aliphatic carboxylic acids is 1. The second kappa shape index (κ2) is 6.77. The lowest BCUT2D eigenvalue weighted by molar-refractivity contribution is -0.141. The fourth-order valence-electron chi connectivity index (χ4n) is 3.36. The molecule has 5 heteroatoms. The first-order valence-electron chi connectivity index (χ1n) is 8.04. The number of nitrogens with zero attached hydrogens (tertiary/aromatic N) is 1. The van der Waals surface area contributed by atoms with Gasteiger partial charge in [0.05, 0.1) is 11.1 Å². The largest absolute Gasteiger partial charge is 0.480 e. The van der Waals surface area contributed by atoms with Crippen molar-refractivity contribution in [1.29, 1.82) is 0 Å². The van der Waals surface area contributed by atoms with Crippen LogP contribution in [0.3, 0.4) is 0 Å². The summed E-state index contributed by atoms with van der Waals surface area (Å²) < 4.78 is 0. The van der Waals surface area contributed by atoms with E-state index in [0.717, 1.165) is 37.5 Å². The highest BCUT2D eigenvalue weighted by atomic mass is 16.4. The van der Waals surface area contributed by atoms with Crippen molar-refractivity contribution in [2.45, 2.75) is 38.1 Å². The number of carboxylic acids is 1. The molecule has 2 N–H and O–H groups in total. The summed E-state index contributed by atoms with van der Waals surface area (Å²) in [7, 11) is 0. The average Bonchev–Trinajstić information content (AvgIpc) is 2.59. The van der Waals surface area contributed by atoms with Crippen LogP contribution in [0.25, 0.3) is 10.9 Å². The minimum Gasteiger partial charge on any atom is -0.480 e. The fraction of sp³-hybridized carbons (Fsp3) is 0.389. The van der Waals surface area contributed by atoms with Crippen molar-refractivity contribution >= 4 is 22.8 Å². The Kier molecular flexibility index (Phi) is 4.55. The number of benzene rings is 1. The SMILES string of the molecule is O=C(N[C@H](C(=O)O)C1CCCCC1)c1cccc2cccnc12. The molecule has 1 aromatic heterocycles. The molecule has 1 fully saturated rings. The van der Waals surface area contributed by atoms with Gasteiger partial charge in [-0.1, -0.05) is 37.5 Å². The zero-order valence-electron chi connectivity index (χ0n) is 12.9. The maximum atomic E-state index is 12.6. The Morgan fingerprint density at radius 3 is 2.61 bits per heavy atom. The number of pyridine rings is 1. The topological polar surface area (TPSA) is 79.3 Å². The number of rotatable bonds is 4. The summed E-state index contributed by atoms with van der Waals surface area (Å²) in [5, 5.41) is 13.1. The third kappa shape index (κ3) is 3.33. The van der Waals surface area contributed by atoms with Gasteiger partial charge in [0.1, 0.15) is 6.04 Å². The van der Waals surface area contributed by atoms with Crippen molar-refractivity contribution in [3.8, 4) is 0 Å². The van der Waals surface area contributed by atoms with Gasteiger partial charge in [-0.25, -0.2) is 4.79 Å². The Bertz CT molecular complexity index is 718. The molecule has 1 aliphatic carbocycles. The van der Waals surface area contributed by atoms with Crippen molar-refractivity contribution in [1.82, 2.24) is 10.3 Å². The van der Waals surface area contributed by atoms with E-state index in [-0.39, 0.29) is 11.8 Å². The van der Waals surface area contributed by atoms with Gasteiger partial charge in [-0.05, 0) is 30.9 Å². The lowest BCUT2D eigenvalue weighted by atomic mass is 9.84. The number of carbonyl (C=O) groups is 2. The molecule has 2 aromatic rings. The number of carboxylic acid groups (broad SMARTS) is 1. The highest BCUT2D eigenvalue weighted by Crippen LogP contribution is 2.27. The van der Waals surface area contributed by atoms with Gasteiger partial charge < -0.3 is 10.4 Å². The van der Waals surface area contributed by atoms with E-state index in [1.54, 1.807) is 18.3 Å². The van der Waals surface area contributed by atoms with Gasteiger partial charge in [0.25, 0.3) is 5.91 Å². The quantitative estimate of drug-likeness (QED) is 0.909. The van der Waals surface area contributed by atoms with E-state index in [0.29, 0.717) is 11.1 Å². The summed E-state index contributed by atoms with van der Waals surface area (Å²) in [5.74, 6) is -1.32. The van der Waals surface area contributed by atoms with Crippen LogP contribution in [0.4, 0.5) is 0 Å². The highest BCUT2D eigenvalue weighted by Gasteiger charge is 2.31. The molecule has 1 atom stereocenters. The monoisotopic (exact) mass is 312 g/mol. The standard InChI is InChI=1S/C18H20N2O3/c21-17(14-10-4-8-12-9-5-11-19-15(12)14)20-16(18(22)23)13-6-2-1-3-7-13/h4-5,8-11,13,16H,1-3,6-7H2,(H,20,21)(H,22,23)/t16-/m0/s1. The number of amides is 1. The minimum absolute atomic E-state index is 0.00753. The molecule has 1 heterocycles. The minimum atomic E-state index is -0.960. The Balaban J connectivity index is 1.84. The van der Waals surface area contributed by atoms with Crippen LogP contribution in [0.15, 0.2) is 36.5 Å². The maximum absolute atomic E-state index is 12.6. The van der Waals surface area contributed by atoms with Gasteiger partial charge in [0.15, 0.2) is 0 Å². The van der Waals surface area contributed by atoms with Crippen LogP contribution in [-0.2, 0) is 4.79 Å². The van der Waals surface area contributed by atoms with E-state index in [1.165, 1.54) is 0 Å². The Labute approximate surface area is 134 Å². The summed E-state index contributed by atoms with van der Waals surface area (Å²) in [6.45, 7) is 0. The molecule has 3 rings (SSSR count). The summed E-state index contributed by atoms with van der Waals surface area (Å²) in [5.41, 5.74) is 1.02. The lowest BCUT2D eigenvalue weighted by Crippen LogP contribution is -2.46. The Morgan fingerprint density at radius 1 is 1.13 bits per heavy atom. The van der Waals surface area contributed by atoms with Crippen LogP contribution in [0.1, 0.15) is 42.5 Å². The molecule has 5 nitrogen and oxygen atoms in total. The number of para-hydroxylation sites is 1. The predicted octanol–water partition coefficient (Wildman–Crippen LogP) is 3.00. The Hall–Kier alpha value is -2.43. The van der Waals surface area contributed by atoms with Gasteiger partial charge in [-0.15, -0.1) is 0 Å². The van der Waals surface area contributed by atoms with E-state index in [1.807, 2.05) is 18.2 Å². The summed E-state index contributed by atoms with van der Waals surface area (Å²) >= 11 is 0. The van der Waals surface area contributed by atoms with Crippen molar-refractivity contribution in [3.05, 3.63) is 42.1 Å². The molecule has 1 saturated carbocycles. The Morgan fingerprint density at radius 2 is 1.87 bits per heavy atom. The number of aromatic nitrogens is 1. The molecule has 0 radical (unpaired) electrons. The molecular formula is C18H20N2O3. The maximum Gasteiger partial charge on any atom is 0.326 e. The second-order valence-electron chi connectivity index (χ2n) is 6.07. The van der Waals surface area contributed by atoms with E-state index in [2.05, 4.69) is 10.3 Å². The van der Waals surface area contributed by atoms with Crippen LogP contribution in [0.2, 0.25) is 0 Å². The smallest absolute Gasteiger partial charge is 0.326 e. The predicted molar refractivity (Wildman–Crippen MR) is 87.2 cm³/mol. The van der Waals surface area contributed by atoms with E-state index in [4.69, 9.17) is 0 Å². The average molecular weight is 312 g/mol. The molecule has 23 heavy (non-hydrogen) atoms. The number of hydrogen-bond acceptors (Lipinski definition) is 3. The third-order valence-electron chi connectivity index (χ3n) is 4.55. The number of carbonyl (C=O) groups excluding carboxylic acids is 1. The van der Waals surface area contributed by atoms with Gasteiger partial charge in [-0.3, -0.25) is 9.78 Å². The summed E-state index contributed by atoms with van der Waals surface area (Å²) in [6.07, 6.45) is 6.54. The third-order valence-corrected chi connectivity index (χ3v) is 4.55. The molecule has 0 spiro atoms. The zero-order chi connectivity index (χ0) is 16.2. The van der Waals surface area contributed by atoms with Gasteiger partial charge in [-0.2, -0.15) is 0 Å². The first-order chi connectivity index (χ1) is 11.2. The second-order valence-corrected chi connectivity index (χ2v) is 6.07. The summed E-state index contributed by atoms with van der Waals surface area (Å²) in [4.78, 5) is 28.5.